The highest BCUT2D eigenvalue weighted by molar-refractivity contribution is 6.33. The van der Waals surface area contributed by atoms with E-state index in [0.29, 0.717) is 22.9 Å². The zero-order chi connectivity index (χ0) is 16.9. The lowest BCUT2D eigenvalue weighted by atomic mass is 10.2. The quantitative estimate of drug-likeness (QED) is 0.830. The number of rotatable bonds is 4. The summed E-state index contributed by atoms with van der Waals surface area (Å²) in [5, 5.41) is 3.31. The predicted molar refractivity (Wildman–Crippen MR) is 97.4 cm³/mol. The van der Waals surface area contributed by atoms with Crippen LogP contribution in [0.3, 0.4) is 0 Å². The number of pyridine rings is 1. The van der Waals surface area contributed by atoms with Crippen LogP contribution in [-0.4, -0.2) is 48.5 Å². The van der Waals surface area contributed by atoms with Crippen molar-refractivity contribution in [3.8, 4) is 0 Å². The summed E-state index contributed by atoms with van der Waals surface area (Å²) in [6.45, 7) is 3.66. The average Bonchev–Trinajstić information content (AvgIpc) is 2.59. The largest absolute Gasteiger partial charge is 0.399 e. The van der Waals surface area contributed by atoms with Gasteiger partial charge in [-0.3, -0.25) is 9.69 Å². The van der Waals surface area contributed by atoms with Crippen LogP contribution in [0.4, 0.5) is 17.2 Å². The number of amides is 1. The number of benzene rings is 1. The highest BCUT2D eigenvalue weighted by Gasteiger charge is 2.20. The van der Waals surface area contributed by atoms with Gasteiger partial charge in [0.1, 0.15) is 5.82 Å². The Labute approximate surface area is 146 Å². The van der Waals surface area contributed by atoms with Crippen LogP contribution in [0.5, 0.6) is 0 Å². The maximum absolute atomic E-state index is 12.2. The maximum Gasteiger partial charge on any atom is 0.238 e. The molecule has 6 nitrogen and oxygen atoms in total. The molecule has 1 aliphatic heterocycles. The third-order valence-corrected chi connectivity index (χ3v) is 4.31. The average molecular weight is 346 g/mol. The molecular weight excluding hydrogens is 326 g/mol. The number of hydrogen-bond donors (Lipinski definition) is 2. The molecule has 0 radical (unpaired) electrons. The normalized spacial score (nSPS) is 15.3. The topological polar surface area (TPSA) is 74.5 Å². The van der Waals surface area contributed by atoms with Gasteiger partial charge in [0.15, 0.2) is 0 Å². The first-order chi connectivity index (χ1) is 11.6. The molecule has 1 aromatic carbocycles. The SMILES string of the molecule is Nc1ccc(Cl)c(NC(=O)CN2CCN(c3ccccn3)CC2)c1. The summed E-state index contributed by atoms with van der Waals surface area (Å²) in [6.07, 6.45) is 1.80. The lowest BCUT2D eigenvalue weighted by molar-refractivity contribution is -0.117. The molecule has 3 N–H and O–H groups in total. The van der Waals surface area contributed by atoms with E-state index in [1.165, 1.54) is 0 Å². The monoisotopic (exact) mass is 345 g/mol. The van der Waals surface area contributed by atoms with Crippen LogP contribution >= 0.6 is 11.6 Å². The van der Waals surface area contributed by atoms with Gasteiger partial charge in [0, 0.05) is 38.1 Å². The second-order valence-electron chi connectivity index (χ2n) is 5.74. The molecule has 1 saturated heterocycles. The molecule has 0 spiro atoms. The Kier molecular flexibility index (Phi) is 5.17. The van der Waals surface area contributed by atoms with Crippen LogP contribution < -0.4 is 16.0 Å². The van der Waals surface area contributed by atoms with Crippen molar-refractivity contribution < 1.29 is 4.79 Å². The number of carbonyl (C=O) groups excluding carboxylic acids is 1. The molecule has 1 amide bonds. The Hall–Kier alpha value is -2.31. The summed E-state index contributed by atoms with van der Waals surface area (Å²) in [4.78, 5) is 20.9. The molecule has 1 fully saturated rings. The Balaban J connectivity index is 1.51. The fourth-order valence-corrected chi connectivity index (χ4v) is 2.87. The van der Waals surface area contributed by atoms with Crippen LogP contribution in [0.1, 0.15) is 0 Å². The van der Waals surface area contributed by atoms with Crippen molar-refractivity contribution in [3.63, 3.8) is 0 Å². The molecule has 0 bridgehead atoms. The summed E-state index contributed by atoms with van der Waals surface area (Å²) < 4.78 is 0. The third kappa shape index (κ3) is 4.15. The molecule has 7 heteroatoms. The number of hydrogen-bond acceptors (Lipinski definition) is 5. The van der Waals surface area contributed by atoms with Crippen molar-refractivity contribution in [2.45, 2.75) is 0 Å². The van der Waals surface area contributed by atoms with E-state index < -0.39 is 0 Å². The summed E-state index contributed by atoms with van der Waals surface area (Å²) in [7, 11) is 0. The number of piperazine rings is 1. The second-order valence-corrected chi connectivity index (χ2v) is 6.15. The van der Waals surface area contributed by atoms with Gasteiger partial charge < -0.3 is 16.0 Å². The number of aromatic nitrogens is 1. The van der Waals surface area contributed by atoms with Crippen molar-refractivity contribution in [1.82, 2.24) is 9.88 Å². The number of anilines is 3. The van der Waals surface area contributed by atoms with Crippen molar-refractivity contribution >= 4 is 34.7 Å². The number of nitrogens with one attached hydrogen (secondary N) is 1. The number of carbonyl (C=O) groups is 1. The van der Waals surface area contributed by atoms with E-state index in [-0.39, 0.29) is 5.91 Å². The van der Waals surface area contributed by atoms with Gasteiger partial charge in [-0.25, -0.2) is 4.98 Å². The van der Waals surface area contributed by atoms with Crippen LogP contribution in [0.2, 0.25) is 5.02 Å². The van der Waals surface area contributed by atoms with E-state index in [1.807, 2.05) is 18.2 Å². The van der Waals surface area contributed by atoms with Crippen LogP contribution in [0.15, 0.2) is 42.6 Å². The zero-order valence-electron chi connectivity index (χ0n) is 13.3. The highest BCUT2D eigenvalue weighted by Crippen LogP contribution is 2.24. The Morgan fingerprint density at radius 3 is 2.71 bits per heavy atom. The van der Waals surface area contributed by atoms with Crippen LogP contribution in [0, 0.1) is 0 Å². The van der Waals surface area contributed by atoms with Gasteiger partial charge >= 0.3 is 0 Å². The van der Waals surface area contributed by atoms with Gasteiger partial charge in [-0.15, -0.1) is 0 Å². The van der Waals surface area contributed by atoms with Crippen molar-refractivity contribution in [3.05, 3.63) is 47.6 Å². The fraction of sp³-hybridized carbons (Fsp3) is 0.294. The van der Waals surface area contributed by atoms with Crippen molar-refractivity contribution in [2.75, 3.05) is 48.7 Å². The standard InChI is InChI=1S/C17H20ClN5O/c18-14-5-4-13(19)11-15(14)21-17(24)12-22-7-9-23(10-8-22)16-3-1-2-6-20-16/h1-6,11H,7-10,12,19H2,(H,21,24). The van der Waals surface area contributed by atoms with E-state index in [4.69, 9.17) is 17.3 Å². The molecule has 3 rings (SSSR count). The van der Waals surface area contributed by atoms with Crippen LogP contribution in [-0.2, 0) is 4.79 Å². The molecule has 0 unspecified atom stereocenters. The minimum Gasteiger partial charge on any atom is -0.399 e. The van der Waals surface area contributed by atoms with Gasteiger partial charge in [0.25, 0.3) is 0 Å². The number of nitrogens with zero attached hydrogens (tertiary/aromatic N) is 3. The lowest BCUT2D eigenvalue weighted by Crippen LogP contribution is -2.48. The van der Waals surface area contributed by atoms with Gasteiger partial charge in [-0.1, -0.05) is 17.7 Å². The van der Waals surface area contributed by atoms with Crippen LogP contribution in [0.25, 0.3) is 0 Å². The predicted octanol–water partition coefficient (Wildman–Crippen LogP) is 2.08. The molecule has 126 valence electrons. The van der Waals surface area contributed by atoms with Gasteiger partial charge in [-0.2, -0.15) is 0 Å². The molecule has 0 saturated carbocycles. The molecule has 1 aliphatic rings. The molecule has 0 atom stereocenters. The fourth-order valence-electron chi connectivity index (χ4n) is 2.71. The zero-order valence-corrected chi connectivity index (χ0v) is 14.0. The highest BCUT2D eigenvalue weighted by atomic mass is 35.5. The summed E-state index contributed by atoms with van der Waals surface area (Å²) in [5.74, 6) is 0.891. The van der Waals surface area contributed by atoms with E-state index in [0.717, 1.165) is 32.0 Å². The molecule has 1 aromatic heterocycles. The van der Waals surface area contributed by atoms with E-state index in [9.17, 15) is 4.79 Å². The van der Waals surface area contributed by atoms with Crippen molar-refractivity contribution in [2.24, 2.45) is 0 Å². The van der Waals surface area contributed by atoms with E-state index >= 15 is 0 Å². The minimum atomic E-state index is -0.0891. The number of nitrogen functional groups attached to an aromatic ring is 1. The third-order valence-electron chi connectivity index (χ3n) is 3.98. The molecule has 2 heterocycles. The van der Waals surface area contributed by atoms with Crippen molar-refractivity contribution in [1.29, 1.82) is 0 Å². The summed E-state index contributed by atoms with van der Waals surface area (Å²) in [5.41, 5.74) is 6.84. The smallest absolute Gasteiger partial charge is 0.238 e. The van der Waals surface area contributed by atoms with Gasteiger partial charge in [0.2, 0.25) is 5.91 Å². The Morgan fingerprint density at radius 1 is 1.21 bits per heavy atom. The first kappa shape index (κ1) is 16.5. The Morgan fingerprint density at radius 2 is 2.00 bits per heavy atom. The Bertz CT molecular complexity index is 701. The molecule has 0 aliphatic carbocycles. The van der Waals surface area contributed by atoms with Gasteiger partial charge in [0.05, 0.1) is 17.3 Å². The summed E-state index contributed by atoms with van der Waals surface area (Å²) in [6, 6.07) is 10.9. The molecule has 2 aromatic rings. The van der Waals surface area contributed by atoms with Gasteiger partial charge in [-0.05, 0) is 30.3 Å². The summed E-state index contributed by atoms with van der Waals surface area (Å²) >= 11 is 6.07. The number of nitrogens with two attached hydrogens (primary N) is 1. The lowest BCUT2D eigenvalue weighted by Gasteiger charge is -2.34. The molecule has 24 heavy (non-hydrogen) atoms. The maximum atomic E-state index is 12.2. The number of halogens is 1. The first-order valence-corrected chi connectivity index (χ1v) is 8.23. The first-order valence-electron chi connectivity index (χ1n) is 7.85. The van der Waals surface area contributed by atoms with E-state index in [2.05, 4.69) is 20.1 Å². The molecular formula is C17H20ClN5O. The second kappa shape index (κ2) is 7.51. The minimum absolute atomic E-state index is 0.0891. The van der Waals surface area contributed by atoms with E-state index in [1.54, 1.807) is 24.4 Å².